The highest BCUT2D eigenvalue weighted by Gasteiger charge is 2.14. The average molecular weight is 210 g/mol. The van der Waals surface area contributed by atoms with Crippen LogP contribution in [0.15, 0.2) is 18.2 Å². The minimum absolute atomic E-state index is 0.271. The highest BCUT2D eigenvalue weighted by Crippen LogP contribution is 2.21. The Morgan fingerprint density at radius 1 is 1.47 bits per heavy atom. The lowest BCUT2D eigenvalue weighted by atomic mass is 10.0. The zero-order valence-corrected chi connectivity index (χ0v) is 8.43. The molecule has 1 aromatic carbocycles. The molecule has 0 spiro atoms. The standard InChI is InChI=1S/C11H12F2N2/c1-15-11(3-2-6-14)9-7-8(12)4-5-10(9)13/h4-5,7,11,15H,2-3H2,1H3. The van der Waals surface area contributed by atoms with Crippen molar-refractivity contribution in [3.05, 3.63) is 35.4 Å². The highest BCUT2D eigenvalue weighted by molar-refractivity contribution is 5.22. The van der Waals surface area contributed by atoms with Crippen LogP contribution < -0.4 is 5.32 Å². The SMILES string of the molecule is CNC(CCC#N)c1cc(F)ccc1F. The first-order valence-corrected chi connectivity index (χ1v) is 4.68. The van der Waals surface area contributed by atoms with E-state index in [1.54, 1.807) is 7.05 Å². The van der Waals surface area contributed by atoms with Gasteiger partial charge in [0.1, 0.15) is 11.6 Å². The Hall–Kier alpha value is -1.47. The maximum Gasteiger partial charge on any atom is 0.128 e. The number of nitriles is 1. The first-order valence-electron chi connectivity index (χ1n) is 4.68. The molecular formula is C11H12F2N2. The van der Waals surface area contributed by atoms with Gasteiger partial charge in [0, 0.05) is 18.0 Å². The van der Waals surface area contributed by atoms with Crippen molar-refractivity contribution in [2.24, 2.45) is 0 Å². The first-order chi connectivity index (χ1) is 7.19. The van der Waals surface area contributed by atoms with E-state index >= 15 is 0 Å². The quantitative estimate of drug-likeness (QED) is 0.828. The number of halogens is 2. The second-order valence-electron chi connectivity index (χ2n) is 3.20. The van der Waals surface area contributed by atoms with E-state index in [0.29, 0.717) is 12.8 Å². The molecule has 0 saturated carbocycles. The third-order valence-electron chi connectivity index (χ3n) is 2.23. The van der Waals surface area contributed by atoms with Crippen LogP contribution in [-0.2, 0) is 0 Å². The molecule has 2 nitrogen and oxygen atoms in total. The molecule has 0 bridgehead atoms. The summed E-state index contributed by atoms with van der Waals surface area (Å²) in [6.45, 7) is 0. The summed E-state index contributed by atoms with van der Waals surface area (Å²) in [5.41, 5.74) is 0.271. The maximum absolute atomic E-state index is 13.3. The van der Waals surface area contributed by atoms with Gasteiger partial charge in [-0.2, -0.15) is 5.26 Å². The van der Waals surface area contributed by atoms with E-state index in [4.69, 9.17) is 5.26 Å². The summed E-state index contributed by atoms with van der Waals surface area (Å²) in [5.74, 6) is -0.919. The molecule has 0 aliphatic carbocycles. The van der Waals surface area contributed by atoms with Crippen molar-refractivity contribution in [2.75, 3.05) is 7.05 Å². The molecule has 15 heavy (non-hydrogen) atoms. The summed E-state index contributed by atoms with van der Waals surface area (Å²) in [7, 11) is 1.66. The van der Waals surface area contributed by atoms with Crippen LogP contribution in [0.4, 0.5) is 8.78 Å². The van der Waals surface area contributed by atoms with E-state index in [1.807, 2.05) is 6.07 Å². The number of hydrogen-bond donors (Lipinski definition) is 1. The van der Waals surface area contributed by atoms with Gasteiger partial charge in [-0.1, -0.05) is 0 Å². The Labute approximate surface area is 87.5 Å². The second-order valence-corrected chi connectivity index (χ2v) is 3.20. The molecule has 80 valence electrons. The van der Waals surface area contributed by atoms with Crippen molar-refractivity contribution in [1.29, 1.82) is 5.26 Å². The van der Waals surface area contributed by atoms with E-state index in [1.165, 1.54) is 0 Å². The topological polar surface area (TPSA) is 35.8 Å². The van der Waals surface area contributed by atoms with E-state index in [0.717, 1.165) is 18.2 Å². The van der Waals surface area contributed by atoms with Crippen LogP contribution in [0.25, 0.3) is 0 Å². The van der Waals surface area contributed by atoms with E-state index in [-0.39, 0.29) is 11.6 Å². The second kappa shape index (κ2) is 5.42. The van der Waals surface area contributed by atoms with Crippen LogP contribution in [0.2, 0.25) is 0 Å². The molecule has 4 heteroatoms. The summed E-state index contributed by atoms with van der Waals surface area (Å²) < 4.78 is 26.3. The van der Waals surface area contributed by atoms with Crippen molar-refractivity contribution in [1.82, 2.24) is 5.32 Å². The zero-order chi connectivity index (χ0) is 11.3. The number of benzene rings is 1. The molecule has 1 atom stereocenters. The van der Waals surface area contributed by atoms with Crippen molar-refractivity contribution >= 4 is 0 Å². The molecule has 0 aromatic heterocycles. The molecule has 0 radical (unpaired) electrons. The fourth-order valence-corrected chi connectivity index (χ4v) is 1.45. The molecule has 0 aliphatic heterocycles. The van der Waals surface area contributed by atoms with Gasteiger partial charge in [0.25, 0.3) is 0 Å². The molecule has 0 heterocycles. The minimum Gasteiger partial charge on any atom is -0.313 e. The van der Waals surface area contributed by atoms with Crippen LogP contribution in [-0.4, -0.2) is 7.05 Å². The van der Waals surface area contributed by atoms with Gasteiger partial charge in [-0.25, -0.2) is 8.78 Å². The molecule has 1 aromatic rings. The molecule has 0 aliphatic rings. The van der Waals surface area contributed by atoms with Gasteiger partial charge >= 0.3 is 0 Å². The summed E-state index contributed by atoms with van der Waals surface area (Å²) in [5, 5.41) is 11.3. The van der Waals surface area contributed by atoms with Crippen LogP contribution >= 0.6 is 0 Å². The van der Waals surface area contributed by atoms with E-state index < -0.39 is 11.6 Å². The fourth-order valence-electron chi connectivity index (χ4n) is 1.45. The predicted octanol–water partition coefficient (Wildman–Crippen LogP) is 2.53. The Morgan fingerprint density at radius 3 is 2.80 bits per heavy atom. The number of rotatable bonds is 4. The van der Waals surface area contributed by atoms with Crippen LogP contribution in [0.5, 0.6) is 0 Å². The number of nitrogens with zero attached hydrogens (tertiary/aromatic N) is 1. The summed E-state index contributed by atoms with van der Waals surface area (Å²) in [6.07, 6.45) is 0.773. The third kappa shape index (κ3) is 3.00. The van der Waals surface area contributed by atoms with Gasteiger partial charge in [0.2, 0.25) is 0 Å². The van der Waals surface area contributed by atoms with Gasteiger partial charge in [-0.05, 0) is 31.7 Å². The van der Waals surface area contributed by atoms with Gasteiger partial charge in [0.15, 0.2) is 0 Å². The smallest absolute Gasteiger partial charge is 0.128 e. The molecule has 1 N–H and O–H groups in total. The van der Waals surface area contributed by atoms with Crippen molar-refractivity contribution in [3.8, 4) is 6.07 Å². The number of nitrogens with one attached hydrogen (secondary N) is 1. The fraction of sp³-hybridized carbons (Fsp3) is 0.364. The van der Waals surface area contributed by atoms with Gasteiger partial charge in [0.05, 0.1) is 6.07 Å². The van der Waals surface area contributed by atoms with Crippen LogP contribution in [0.1, 0.15) is 24.4 Å². The molecule has 0 saturated heterocycles. The molecular weight excluding hydrogens is 198 g/mol. The molecule has 1 rings (SSSR count). The Kier molecular flexibility index (Phi) is 4.19. The lowest BCUT2D eigenvalue weighted by Gasteiger charge is -2.15. The maximum atomic E-state index is 13.3. The summed E-state index contributed by atoms with van der Waals surface area (Å²) in [6, 6.07) is 5.00. The van der Waals surface area contributed by atoms with Crippen LogP contribution in [0.3, 0.4) is 0 Å². The lowest BCUT2D eigenvalue weighted by molar-refractivity contribution is 0.505. The van der Waals surface area contributed by atoms with Gasteiger partial charge < -0.3 is 5.32 Å². The largest absolute Gasteiger partial charge is 0.313 e. The van der Waals surface area contributed by atoms with Crippen LogP contribution in [0, 0.1) is 23.0 Å². The zero-order valence-electron chi connectivity index (χ0n) is 8.43. The minimum atomic E-state index is -0.469. The lowest BCUT2D eigenvalue weighted by Crippen LogP contribution is -2.17. The number of hydrogen-bond acceptors (Lipinski definition) is 2. The third-order valence-corrected chi connectivity index (χ3v) is 2.23. The Morgan fingerprint density at radius 2 is 2.20 bits per heavy atom. The monoisotopic (exact) mass is 210 g/mol. The van der Waals surface area contributed by atoms with Crippen molar-refractivity contribution < 1.29 is 8.78 Å². The first kappa shape index (κ1) is 11.6. The highest BCUT2D eigenvalue weighted by atomic mass is 19.1. The van der Waals surface area contributed by atoms with E-state index in [2.05, 4.69) is 5.32 Å². The van der Waals surface area contributed by atoms with E-state index in [9.17, 15) is 8.78 Å². The molecule has 0 fully saturated rings. The summed E-state index contributed by atoms with van der Waals surface area (Å²) in [4.78, 5) is 0. The molecule has 1 unspecified atom stereocenters. The van der Waals surface area contributed by atoms with Gasteiger partial charge in [-0.15, -0.1) is 0 Å². The Balaban J connectivity index is 2.91. The van der Waals surface area contributed by atoms with Crippen molar-refractivity contribution in [3.63, 3.8) is 0 Å². The molecule has 0 amide bonds. The average Bonchev–Trinajstić information content (AvgIpc) is 2.24. The normalized spacial score (nSPS) is 12.1. The Bertz CT molecular complexity index is 371. The summed E-state index contributed by atoms with van der Waals surface area (Å²) >= 11 is 0. The van der Waals surface area contributed by atoms with Gasteiger partial charge in [-0.3, -0.25) is 0 Å². The van der Waals surface area contributed by atoms with Crippen molar-refractivity contribution in [2.45, 2.75) is 18.9 Å². The predicted molar refractivity (Wildman–Crippen MR) is 53.0 cm³/mol.